The zero-order chi connectivity index (χ0) is 16.0. The van der Waals surface area contributed by atoms with E-state index in [0.29, 0.717) is 6.42 Å². The summed E-state index contributed by atoms with van der Waals surface area (Å²) in [6.45, 7) is 3.08. The lowest BCUT2D eigenvalue weighted by molar-refractivity contribution is -0.117. The summed E-state index contributed by atoms with van der Waals surface area (Å²) in [5, 5.41) is 11.3. The summed E-state index contributed by atoms with van der Waals surface area (Å²) in [6, 6.07) is 0.215. The average molecular weight is 315 g/mol. The molecule has 0 aliphatic carbocycles. The number of aromatic nitrogens is 1. The minimum atomic E-state index is -3.54. The van der Waals surface area contributed by atoms with Crippen LogP contribution >= 0.6 is 0 Å². The van der Waals surface area contributed by atoms with Gasteiger partial charge in [-0.3, -0.25) is 9.78 Å². The van der Waals surface area contributed by atoms with Gasteiger partial charge < -0.3 is 10.4 Å². The van der Waals surface area contributed by atoms with E-state index in [2.05, 4.69) is 15.0 Å². The number of nitrogens with one attached hydrogen (secondary N) is 2. The number of hydrogen-bond donors (Lipinski definition) is 3. The van der Waals surface area contributed by atoms with Crippen molar-refractivity contribution in [3.05, 3.63) is 24.0 Å². The number of carbonyl (C=O) groups excluding carboxylic acids is 1. The number of hydrogen-bond acceptors (Lipinski definition) is 5. The van der Waals surface area contributed by atoms with Crippen molar-refractivity contribution in [2.75, 3.05) is 11.1 Å². The molecular formula is C12H17N3O5S. The SMILES string of the molecule is CCCS(=O)(=O)NC(C)C(=O)Nc1cnccc1C(=O)O. The summed E-state index contributed by atoms with van der Waals surface area (Å²) in [5.74, 6) is -1.96. The van der Waals surface area contributed by atoms with Gasteiger partial charge in [-0.05, 0) is 19.4 Å². The number of carbonyl (C=O) groups is 2. The van der Waals surface area contributed by atoms with E-state index in [-0.39, 0.29) is 17.0 Å². The van der Waals surface area contributed by atoms with Crippen LogP contribution in [0.3, 0.4) is 0 Å². The molecule has 116 valence electrons. The first-order valence-electron chi connectivity index (χ1n) is 6.25. The molecule has 0 spiro atoms. The van der Waals surface area contributed by atoms with Crippen LogP contribution in [0.1, 0.15) is 30.6 Å². The molecular weight excluding hydrogens is 298 g/mol. The second-order valence-electron chi connectivity index (χ2n) is 4.37. The van der Waals surface area contributed by atoms with E-state index in [9.17, 15) is 18.0 Å². The summed E-state index contributed by atoms with van der Waals surface area (Å²) in [5.41, 5.74) is -0.112. The van der Waals surface area contributed by atoms with Gasteiger partial charge in [0.25, 0.3) is 0 Å². The van der Waals surface area contributed by atoms with Crippen LogP contribution in [0, 0.1) is 0 Å². The Morgan fingerprint density at radius 3 is 2.67 bits per heavy atom. The van der Waals surface area contributed by atoms with Crippen LogP contribution in [-0.4, -0.2) is 42.2 Å². The van der Waals surface area contributed by atoms with E-state index in [1.807, 2.05) is 0 Å². The van der Waals surface area contributed by atoms with E-state index in [1.54, 1.807) is 6.92 Å². The fourth-order valence-corrected chi connectivity index (χ4v) is 2.87. The highest BCUT2D eigenvalue weighted by Gasteiger charge is 2.21. The van der Waals surface area contributed by atoms with E-state index in [0.717, 1.165) is 0 Å². The van der Waals surface area contributed by atoms with Crippen molar-refractivity contribution in [3.8, 4) is 0 Å². The van der Waals surface area contributed by atoms with Crippen molar-refractivity contribution in [2.45, 2.75) is 26.3 Å². The number of sulfonamides is 1. The quantitative estimate of drug-likeness (QED) is 0.670. The molecule has 0 radical (unpaired) electrons. The molecule has 9 heteroatoms. The van der Waals surface area contributed by atoms with E-state index >= 15 is 0 Å². The van der Waals surface area contributed by atoms with Gasteiger partial charge in [-0.2, -0.15) is 0 Å². The Kier molecular flexibility index (Phi) is 5.79. The highest BCUT2D eigenvalue weighted by atomic mass is 32.2. The second-order valence-corrected chi connectivity index (χ2v) is 6.25. The third-order valence-electron chi connectivity index (χ3n) is 2.53. The van der Waals surface area contributed by atoms with Gasteiger partial charge in [0.05, 0.1) is 29.2 Å². The molecule has 3 N–H and O–H groups in total. The largest absolute Gasteiger partial charge is 0.478 e. The smallest absolute Gasteiger partial charge is 0.337 e. The van der Waals surface area contributed by atoms with Crippen molar-refractivity contribution >= 4 is 27.6 Å². The molecule has 0 aromatic carbocycles. The topological polar surface area (TPSA) is 125 Å². The van der Waals surface area contributed by atoms with Gasteiger partial charge in [-0.15, -0.1) is 0 Å². The Morgan fingerprint density at radius 1 is 1.43 bits per heavy atom. The molecule has 1 aromatic rings. The maximum absolute atomic E-state index is 11.9. The minimum Gasteiger partial charge on any atom is -0.478 e. The van der Waals surface area contributed by atoms with E-state index in [4.69, 9.17) is 5.11 Å². The van der Waals surface area contributed by atoms with Gasteiger partial charge in [0.1, 0.15) is 0 Å². The molecule has 8 nitrogen and oxygen atoms in total. The first-order valence-corrected chi connectivity index (χ1v) is 7.90. The summed E-state index contributed by atoms with van der Waals surface area (Å²) < 4.78 is 25.4. The molecule has 0 aliphatic heterocycles. The maximum Gasteiger partial charge on any atom is 0.337 e. The number of pyridine rings is 1. The molecule has 0 saturated heterocycles. The Hall–Kier alpha value is -2.00. The maximum atomic E-state index is 11.9. The second kappa shape index (κ2) is 7.14. The van der Waals surface area contributed by atoms with Gasteiger partial charge in [0, 0.05) is 6.20 Å². The van der Waals surface area contributed by atoms with Crippen LogP contribution in [0.15, 0.2) is 18.5 Å². The van der Waals surface area contributed by atoms with E-state index in [1.165, 1.54) is 25.4 Å². The predicted octanol–water partition coefficient (Wildman–Crippen LogP) is 0.436. The lowest BCUT2D eigenvalue weighted by Crippen LogP contribution is -2.42. The van der Waals surface area contributed by atoms with Gasteiger partial charge >= 0.3 is 5.97 Å². The molecule has 1 unspecified atom stereocenters. The van der Waals surface area contributed by atoms with Crippen molar-refractivity contribution in [1.82, 2.24) is 9.71 Å². The molecule has 0 fully saturated rings. The third kappa shape index (κ3) is 5.12. The molecule has 21 heavy (non-hydrogen) atoms. The predicted molar refractivity (Wildman–Crippen MR) is 76.5 cm³/mol. The summed E-state index contributed by atoms with van der Waals surface area (Å²) in [4.78, 5) is 26.6. The molecule has 1 rings (SSSR count). The highest BCUT2D eigenvalue weighted by molar-refractivity contribution is 7.89. The average Bonchev–Trinajstić information content (AvgIpc) is 2.38. The summed E-state index contributed by atoms with van der Waals surface area (Å²) in [7, 11) is -3.54. The number of carboxylic acids is 1. The molecule has 1 amide bonds. The van der Waals surface area contributed by atoms with Crippen LogP contribution in [0.2, 0.25) is 0 Å². The van der Waals surface area contributed by atoms with Crippen LogP contribution in [-0.2, 0) is 14.8 Å². The van der Waals surface area contributed by atoms with Crippen LogP contribution in [0.4, 0.5) is 5.69 Å². The standard InChI is InChI=1S/C12H17N3O5S/c1-3-6-21(19,20)15-8(2)11(16)14-10-7-13-5-4-9(10)12(17)18/h4-5,7-8,15H,3,6H2,1-2H3,(H,14,16)(H,17,18). The molecule has 0 saturated carbocycles. The zero-order valence-corrected chi connectivity index (χ0v) is 12.5. The number of amides is 1. The Labute approximate surface area is 122 Å². The number of nitrogens with zero attached hydrogens (tertiary/aromatic N) is 1. The molecule has 0 aliphatic rings. The van der Waals surface area contributed by atoms with Gasteiger partial charge in [-0.1, -0.05) is 6.92 Å². The van der Waals surface area contributed by atoms with Crippen molar-refractivity contribution < 1.29 is 23.1 Å². The summed E-state index contributed by atoms with van der Waals surface area (Å²) in [6.07, 6.45) is 2.90. The van der Waals surface area contributed by atoms with Gasteiger partial charge in [0.15, 0.2) is 0 Å². The number of anilines is 1. The van der Waals surface area contributed by atoms with Gasteiger partial charge in [-0.25, -0.2) is 17.9 Å². The molecule has 1 aromatic heterocycles. The Morgan fingerprint density at radius 2 is 2.10 bits per heavy atom. The van der Waals surface area contributed by atoms with E-state index < -0.39 is 27.9 Å². The lowest BCUT2D eigenvalue weighted by Gasteiger charge is -2.14. The Balaban J connectivity index is 2.80. The fourth-order valence-electron chi connectivity index (χ4n) is 1.57. The lowest BCUT2D eigenvalue weighted by atomic mass is 10.2. The first-order chi connectivity index (χ1) is 9.76. The number of carboxylic acid groups (broad SMARTS) is 1. The highest BCUT2D eigenvalue weighted by Crippen LogP contribution is 2.13. The molecule has 1 heterocycles. The fraction of sp³-hybridized carbons (Fsp3) is 0.417. The zero-order valence-electron chi connectivity index (χ0n) is 11.7. The summed E-state index contributed by atoms with van der Waals surface area (Å²) >= 11 is 0. The van der Waals surface area contributed by atoms with Crippen LogP contribution in [0.25, 0.3) is 0 Å². The number of rotatable bonds is 7. The monoisotopic (exact) mass is 315 g/mol. The van der Waals surface area contributed by atoms with Gasteiger partial charge in [0.2, 0.25) is 15.9 Å². The van der Waals surface area contributed by atoms with Crippen LogP contribution in [0.5, 0.6) is 0 Å². The Bertz CT molecular complexity index is 630. The number of aromatic carboxylic acids is 1. The normalized spacial score (nSPS) is 12.7. The minimum absolute atomic E-state index is 0.0107. The van der Waals surface area contributed by atoms with Crippen molar-refractivity contribution in [1.29, 1.82) is 0 Å². The first kappa shape index (κ1) is 17.1. The molecule has 0 bridgehead atoms. The van der Waals surface area contributed by atoms with Crippen LogP contribution < -0.4 is 10.0 Å². The van der Waals surface area contributed by atoms with Crippen molar-refractivity contribution in [2.24, 2.45) is 0 Å². The third-order valence-corrected chi connectivity index (χ3v) is 4.19. The molecule has 1 atom stereocenters. The van der Waals surface area contributed by atoms with Crippen molar-refractivity contribution in [3.63, 3.8) is 0 Å².